The summed E-state index contributed by atoms with van der Waals surface area (Å²) in [6.45, 7) is 9.92. The van der Waals surface area contributed by atoms with Gasteiger partial charge in [-0.25, -0.2) is 0 Å². The van der Waals surface area contributed by atoms with E-state index in [4.69, 9.17) is 0 Å². The van der Waals surface area contributed by atoms with E-state index in [0.29, 0.717) is 0 Å². The summed E-state index contributed by atoms with van der Waals surface area (Å²) in [6, 6.07) is 18.9. The van der Waals surface area contributed by atoms with Crippen LogP contribution in [0.4, 0.5) is 0 Å². The van der Waals surface area contributed by atoms with Crippen LogP contribution in [0.1, 0.15) is 23.6 Å². The number of hydrogen-bond acceptors (Lipinski definition) is 0. The maximum atomic E-state index is 4.08. The van der Waals surface area contributed by atoms with Gasteiger partial charge in [0.05, 0.1) is 0 Å². The van der Waals surface area contributed by atoms with Crippen LogP contribution < -0.4 is 0 Å². The molecule has 0 heteroatoms. The third kappa shape index (κ3) is 5.41. The monoisotopic (exact) mass is 286 g/mol. The highest BCUT2D eigenvalue weighted by Gasteiger charge is 1.95. The summed E-state index contributed by atoms with van der Waals surface area (Å²) in [5, 5.41) is 0. The fourth-order valence-corrected chi connectivity index (χ4v) is 2.08. The molecule has 2 rings (SSSR count). The lowest BCUT2D eigenvalue weighted by atomic mass is 10.0. The molecular weight excluding hydrogens is 264 g/mol. The van der Waals surface area contributed by atoms with Crippen molar-refractivity contribution in [2.75, 3.05) is 0 Å². The number of benzene rings is 2. The van der Waals surface area contributed by atoms with Crippen LogP contribution in [0.2, 0.25) is 0 Å². The first-order chi connectivity index (χ1) is 10.6. The Balaban J connectivity index is 1.97. The molecule has 0 radical (unpaired) electrons. The van der Waals surface area contributed by atoms with Crippen molar-refractivity contribution in [3.8, 4) is 0 Å². The predicted molar refractivity (Wildman–Crippen MR) is 98.6 cm³/mol. The maximum absolute atomic E-state index is 4.08. The lowest BCUT2D eigenvalue weighted by molar-refractivity contribution is 1.20. The van der Waals surface area contributed by atoms with Crippen LogP contribution in [0.5, 0.6) is 0 Å². The molecule has 0 spiro atoms. The third-order valence-electron chi connectivity index (χ3n) is 3.28. The van der Waals surface area contributed by atoms with Gasteiger partial charge in [-0.15, -0.1) is 0 Å². The normalized spacial score (nSPS) is 11.1. The Morgan fingerprint density at radius 1 is 0.818 bits per heavy atom. The molecular formula is C22H22. The first-order valence-corrected chi connectivity index (χ1v) is 7.47. The summed E-state index contributed by atoms with van der Waals surface area (Å²) in [5.41, 5.74) is 5.83. The van der Waals surface area contributed by atoms with Crippen LogP contribution >= 0.6 is 0 Å². The topological polar surface area (TPSA) is 0 Å². The van der Waals surface area contributed by atoms with Gasteiger partial charge < -0.3 is 0 Å². The Hall–Kier alpha value is -2.60. The summed E-state index contributed by atoms with van der Waals surface area (Å²) >= 11 is 0. The van der Waals surface area contributed by atoms with Crippen molar-refractivity contribution in [3.05, 3.63) is 108 Å². The van der Waals surface area contributed by atoms with Gasteiger partial charge in [0.1, 0.15) is 0 Å². The average molecular weight is 286 g/mol. The van der Waals surface area contributed by atoms with E-state index in [1.54, 1.807) is 0 Å². The standard InChI is InChI=1S/C22H22/c1-18(2)9-10-19(3)17-22-15-13-21(14-16-22)12-11-20-7-5-4-6-8-20/h4-16H,1,3,17H2,2H3. The second-order valence-electron chi connectivity index (χ2n) is 5.50. The zero-order valence-corrected chi connectivity index (χ0v) is 13.1. The van der Waals surface area contributed by atoms with E-state index in [2.05, 4.69) is 61.7 Å². The van der Waals surface area contributed by atoms with Crippen molar-refractivity contribution in [2.45, 2.75) is 13.3 Å². The van der Waals surface area contributed by atoms with Crippen molar-refractivity contribution < 1.29 is 0 Å². The van der Waals surface area contributed by atoms with Crippen LogP contribution in [0.3, 0.4) is 0 Å². The van der Waals surface area contributed by atoms with Gasteiger partial charge in [-0.3, -0.25) is 0 Å². The molecule has 0 atom stereocenters. The Morgan fingerprint density at radius 2 is 1.41 bits per heavy atom. The molecule has 0 N–H and O–H groups in total. The minimum atomic E-state index is 0.868. The Kier molecular flexibility index (Phi) is 5.73. The van der Waals surface area contributed by atoms with Gasteiger partial charge in [-0.05, 0) is 30.0 Å². The van der Waals surface area contributed by atoms with Crippen LogP contribution in [0, 0.1) is 0 Å². The molecule has 0 amide bonds. The molecule has 110 valence electrons. The van der Waals surface area contributed by atoms with Gasteiger partial charge >= 0.3 is 0 Å². The molecule has 0 saturated carbocycles. The molecule has 0 aliphatic heterocycles. The molecule has 0 aliphatic rings. The fourth-order valence-electron chi connectivity index (χ4n) is 2.08. The van der Waals surface area contributed by atoms with Crippen molar-refractivity contribution >= 4 is 12.2 Å². The van der Waals surface area contributed by atoms with E-state index in [1.807, 2.05) is 37.3 Å². The molecule has 0 nitrogen and oxygen atoms in total. The summed E-state index contributed by atoms with van der Waals surface area (Å²) in [6.07, 6.45) is 9.16. The summed E-state index contributed by atoms with van der Waals surface area (Å²) in [5.74, 6) is 0. The molecule has 22 heavy (non-hydrogen) atoms. The molecule has 0 unspecified atom stereocenters. The highest BCUT2D eigenvalue weighted by Crippen LogP contribution is 2.13. The van der Waals surface area contributed by atoms with E-state index in [1.165, 1.54) is 16.7 Å². The SMILES string of the molecule is C=C(C)C=CC(=C)Cc1ccc(C=Cc2ccccc2)cc1. The Morgan fingerprint density at radius 3 is 2.00 bits per heavy atom. The van der Waals surface area contributed by atoms with Gasteiger partial charge in [-0.1, -0.05) is 103 Å². The van der Waals surface area contributed by atoms with Gasteiger partial charge in [0.2, 0.25) is 0 Å². The first-order valence-electron chi connectivity index (χ1n) is 7.47. The lowest BCUT2D eigenvalue weighted by Gasteiger charge is -2.02. The minimum absolute atomic E-state index is 0.868. The zero-order chi connectivity index (χ0) is 15.8. The van der Waals surface area contributed by atoms with Crippen molar-refractivity contribution in [1.29, 1.82) is 0 Å². The van der Waals surface area contributed by atoms with E-state index in [-0.39, 0.29) is 0 Å². The van der Waals surface area contributed by atoms with Gasteiger partial charge in [-0.2, -0.15) is 0 Å². The highest BCUT2D eigenvalue weighted by molar-refractivity contribution is 5.69. The van der Waals surface area contributed by atoms with Crippen LogP contribution in [0.25, 0.3) is 12.2 Å². The lowest BCUT2D eigenvalue weighted by Crippen LogP contribution is -1.86. The second kappa shape index (κ2) is 7.99. The van der Waals surface area contributed by atoms with Crippen molar-refractivity contribution in [1.82, 2.24) is 0 Å². The predicted octanol–water partition coefficient (Wildman–Crippen LogP) is 6.09. The zero-order valence-electron chi connectivity index (χ0n) is 13.1. The molecule has 0 heterocycles. The van der Waals surface area contributed by atoms with Crippen LogP contribution in [-0.2, 0) is 6.42 Å². The number of rotatable bonds is 6. The molecule has 0 aromatic heterocycles. The van der Waals surface area contributed by atoms with Crippen molar-refractivity contribution in [3.63, 3.8) is 0 Å². The third-order valence-corrected chi connectivity index (χ3v) is 3.28. The maximum Gasteiger partial charge on any atom is -0.00316 e. The molecule has 0 fully saturated rings. The Labute approximate surface area is 133 Å². The summed E-state index contributed by atoms with van der Waals surface area (Å²) in [4.78, 5) is 0. The first kappa shape index (κ1) is 15.8. The summed E-state index contributed by atoms with van der Waals surface area (Å²) < 4.78 is 0. The minimum Gasteiger partial charge on any atom is -0.0961 e. The fraction of sp³-hybridized carbons (Fsp3) is 0.0909. The molecule has 2 aromatic rings. The van der Waals surface area contributed by atoms with E-state index < -0.39 is 0 Å². The molecule has 0 aliphatic carbocycles. The van der Waals surface area contributed by atoms with Gasteiger partial charge in [0.25, 0.3) is 0 Å². The molecule has 0 saturated heterocycles. The van der Waals surface area contributed by atoms with Gasteiger partial charge in [0.15, 0.2) is 0 Å². The highest BCUT2D eigenvalue weighted by atomic mass is 14.0. The summed E-state index contributed by atoms with van der Waals surface area (Å²) in [7, 11) is 0. The van der Waals surface area contributed by atoms with E-state index in [9.17, 15) is 0 Å². The average Bonchev–Trinajstić information content (AvgIpc) is 2.53. The van der Waals surface area contributed by atoms with E-state index >= 15 is 0 Å². The number of allylic oxidation sites excluding steroid dienone is 4. The van der Waals surface area contributed by atoms with E-state index in [0.717, 1.165) is 17.6 Å². The smallest absolute Gasteiger partial charge is 0.00316 e. The molecule has 0 bridgehead atoms. The van der Waals surface area contributed by atoms with Crippen LogP contribution in [-0.4, -0.2) is 0 Å². The largest absolute Gasteiger partial charge is 0.0961 e. The number of hydrogen-bond donors (Lipinski definition) is 0. The van der Waals surface area contributed by atoms with Crippen molar-refractivity contribution in [2.24, 2.45) is 0 Å². The molecule has 2 aromatic carbocycles. The van der Waals surface area contributed by atoms with Crippen LogP contribution in [0.15, 0.2) is 91.1 Å². The van der Waals surface area contributed by atoms with Gasteiger partial charge in [0, 0.05) is 0 Å². The second-order valence-corrected chi connectivity index (χ2v) is 5.50. The Bertz CT molecular complexity index is 683. The quantitative estimate of drug-likeness (QED) is 0.445.